The van der Waals surface area contributed by atoms with Gasteiger partial charge in [-0.25, -0.2) is 0 Å². The highest BCUT2D eigenvalue weighted by molar-refractivity contribution is 5.77. The van der Waals surface area contributed by atoms with Crippen LogP contribution >= 0.6 is 0 Å². The second-order valence-electron chi connectivity index (χ2n) is 4.60. The molecule has 1 amide bonds. The third-order valence-electron chi connectivity index (χ3n) is 3.34. The fourth-order valence-corrected chi connectivity index (χ4v) is 1.79. The number of hydrogen-bond acceptors (Lipinski definition) is 2. The summed E-state index contributed by atoms with van der Waals surface area (Å²) in [6, 6.07) is 0. The smallest absolute Gasteiger partial charge is 0.220 e. The standard InChI is InChI=1S/C11H22N2O/c1-3-9(2)7-10(14)13-11(8-12)5-4-6-11/h9H,3-8,12H2,1-2H3,(H,13,14). The second-order valence-corrected chi connectivity index (χ2v) is 4.60. The van der Waals surface area contributed by atoms with Gasteiger partial charge in [-0.15, -0.1) is 0 Å². The van der Waals surface area contributed by atoms with Gasteiger partial charge in [-0.05, 0) is 25.2 Å². The Morgan fingerprint density at radius 3 is 2.57 bits per heavy atom. The van der Waals surface area contributed by atoms with E-state index in [1.165, 1.54) is 6.42 Å². The lowest BCUT2D eigenvalue weighted by atomic mass is 9.76. The summed E-state index contributed by atoms with van der Waals surface area (Å²) in [6.45, 7) is 4.80. The topological polar surface area (TPSA) is 55.1 Å². The average molecular weight is 198 g/mol. The third-order valence-corrected chi connectivity index (χ3v) is 3.34. The van der Waals surface area contributed by atoms with Crippen LogP contribution in [0.15, 0.2) is 0 Å². The van der Waals surface area contributed by atoms with Crippen molar-refractivity contribution in [2.24, 2.45) is 11.7 Å². The fourth-order valence-electron chi connectivity index (χ4n) is 1.79. The first-order valence-corrected chi connectivity index (χ1v) is 5.63. The van der Waals surface area contributed by atoms with Gasteiger partial charge in [-0.1, -0.05) is 20.3 Å². The molecule has 1 saturated carbocycles. The highest BCUT2D eigenvalue weighted by Gasteiger charge is 2.36. The molecular weight excluding hydrogens is 176 g/mol. The van der Waals surface area contributed by atoms with Crippen LogP contribution in [0.2, 0.25) is 0 Å². The predicted molar refractivity (Wildman–Crippen MR) is 57.9 cm³/mol. The molecular formula is C11H22N2O. The van der Waals surface area contributed by atoms with E-state index in [4.69, 9.17) is 5.73 Å². The summed E-state index contributed by atoms with van der Waals surface area (Å²) in [5.41, 5.74) is 5.61. The molecule has 82 valence electrons. The van der Waals surface area contributed by atoms with Crippen molar-refractivity contribution in [3.63, 3.8) is 0 Å². The summed E-state index contributed by atoms with van der Waals surface area (Å²) in [5, 5.41) is 3.08. The number of amides is 1. The first-order chi connectivity index (χ1) is 6.62. The Hall–Kier alpha value is -0.570. The maximum Gasteiger partial charge on any atom is 0.220 e. The van der Waals surface area contributed by atoms with E-state index in [2.05, 4.69) is 19.2 Å². The molecule has 14 heavy (non-hydrogen) atoms. The monoisotopic (exact) mass is 198 g/mol. The van der Waals surface area contributed by atoms with Gasteiger partial charge in [0.1, 0.15) is 0 Å². The van der Waals surface area contributed by atoms with E-state index in [9.17, 15) is 4.79 Å². The number of nitrogens with one attached hydrogen (secondary N) is 1. The first kappa shape index (κ1) is 11.5. The lowest BCUT2D eigenvalue weighted by Gasteiger charge is -2.41. The quantitative estimate of drug-likeness (QED) is 0.702. The van der Waals surface area contributed by atoms with E-state index in [0.717, 1.165) is 19.3 Å². The SMILES string of the molecule is CCC(C)CC(=O)NC1(CN)CCC1. The molecule has 1 unspecified atom stereocenters. The Morgan fingerprint density at radius 2 is 2.21 bits per heavy atom. The van der Waals surface area contributed by atoms with E-state index in [-0.39, 0.29) is 11.4 Å². The molecule has 0 saturated heterocycles. The van der Waals surface area contributed by atoms with Crippen molar-refractivity contribution in [2.75, 3.05) is 6.54 Å². The third kappa shape index (κ3) is 2.71. The lowest BCUT2D eigenvalue weighted by Crippen LogP contribution is -2.58. The van der Waals surface area contributed by atoms with Gasteiger partial charge in [0.25, 0.3) is 0 Å². The van der Waals surface area contributed by atoms with Crippen molar-refractivity contribution < 1.29 is 4.79 Å². The van der Waals surface area contributed by atoms with Gasteiger partial charge < -0.3 is 11.1 Å². The normalized spacial score (nSPS) is 21.1. The van der Waals surface area contributed by atoms with Crippen LogP contribution in [-0.2, 0) is 4.79 Å². The summed E-state index contributed by atoms with van der Waals surface area (Å²) >= 11 is 0. The van der Waals surface area contributed by atoms with Crippen molar-refractivity contribution >= 4 is 5.91 Å². The van der Waals surface area contributed by atoms with Crippen molar-refractivity contribution in [3.05, 3.63) is 0 Å². The number of nitrogens with two attached hydrogens (primary N) is 1. The van der Waals surface area contributed by atoms with Crippen molar-refractivity contribution in [1.29, 1.82) is 0 Å². The van der Waals surface area contributed by atoms with E-state index < -0.39 is 0 Å². The number of hydrogen-bond donors (Lipinski definition) is 2. The molecule has 1 atom stereocenters. The van der Waals surface area contributed by atoms with Crippen molar-refractivity contribution in [1.82, 2.24) is 5.32 Å². The van der Waals surface area contributed by atoms with Gasteiger partial charge >= 0.3 is 0 Å². The molecule has 0 bridgehead atoms. The molecule has 1 aliphatic rings. The second kappa shape index (κ2) is 4.78. The molecule has 1 aliphatic carbocycles. The zero-order valence-electron chi connectivity index (χ0n) is 9.31. The van der Waals surface area contributed by atoms with Crippen LogP contribution in [-0.4, -0.2) is 18.0 Å². The zero-order chi connectivity index (χ0) is 10.6. The van der Waals surface area contributed by atoms with Crippen LogP contribution in [0.4, 0.5) is 0 Å². The summed E-state index contributed by atoms with van der Waals surface area (Å²) in [6.07, 6.45) is 4.99. The summed E-state index contributed by atoms with van der Waals surface area (Å²) in [4.78, 5) is 11.6. The molecule has 3 nitrogen and oxygen atoms in total. The minimum Gasteiger partial charge on any atom is -0.349 e. The van der Waals surface area contributed by atoms with Crippen molar-refractivity contribution in [2.45, 2.75) is 51.5 Å². The maximum atomic E-state index is 11.6. The highest BCUT2D eigenvalue weighted by Crippen LogP contribution is 2.30. The summed E-state index contributed by atoms with van der Waals surface area (Å²) in [5.74, 6) is 0.648. The Morgan fingerprint density at radius 1 is 1.57 bits per heavy atom. The Kier molecular flexibility index (Phi) is 3.93. The van der Waals surface area contributed by atoms with Gasteiger partial charge in [0.15, 0.2) is 0 Å². The average Bonchev–Trinajstić information content (AvgIpc) is 2.11. The van der Waals surface area contributed by atoms with Gasteiger partial charge in [-0.2, -0.15) is 0 Å². The first-order valence-electron chi connectivity index (χ1n) is 5.63. The largest absolute Gasteiger partial charge is 0.349 e. The van der Waals surface area contributed by atoms with E-state index in [0.29, 0.717) is 18.9 Å². The molecule has 1 rings (SSSR count). The molecule has 0 aromatic rings. The molecule has 3 heteroatoms. The molecule has 0 aromatic heterocycles. The van der Waals surface area contributed by atoms with E-state index in [1.807, 2.05) is 0 Å². The number of carbonyl (C=O) groups is 1. The number of rotatable bonds is 5. The molecule has 0 aromatic carbocycles. The van der Waals surface area contributed by atoms with Crippen LogP contribution in [0.1, 0.15) is 46.0 Å². The molecule has 0 radical (unpaired) electrons. The van der Waals surface area contributed by atoms with E-state index >= 15 is 0 Å². The summed E-state index contributed by atoms with van der Waals surface area (Å²) in [7, 11) is 0. The van der Waals surface area contributed by atoms with Gasteiger partial charge in [0.05, 0.1) is 5.54 Å². The maximum absolute atomic E-state index is 11.6. The van der Waals surface area contributed by atoms with E-state index in [1.54, 1.807) is 0 Å². The van der Waals surface area contributed by atoms with Crippen molar-refractivity contribution in [3.8, 4) is 0 Å². The molecule has 0 aliphatic heterocycles. The van der Waals surface area contributed by atoms with Gasteiger partial charge in [-0.3, -0.25) is 4.79 Å². The fraction of sp³-hybridized carbons (Fsp3) is 0.909. The predicted octanol–water partition coefficient (Wildman–Crippen LogP) is 1.42. The van der Waals surface area contributed by atoms with Crippen LogP contribution in [0.5, 0.6) is 0 Å². The zero-order valence-corrected chi connectivity index (χ0v) is 9.31. The number of carbonyl (C=O) groups excluding carboxylic acids is 1. The summed E-state index contributed by atoms with van der Waals surface area (Å²) < 4.78 is 0. The van der Waals surface area contributed by atoms with Gasteiger partial charge in [0, 0.05) is 13.0 Å². The lowest BCUT2D eigenvalue weighted by molar-refractivity contribution is -0.124. The van der Waals surface area contributed by atoms with Crippen LogP contribution < -0.4 is 11.1 Å². The van der Waals surface area contributed by atoms with Crippen LogP contribution in [0, 0.1) is 5.92 Å². The van der Waals surface area contributed by atoms with Gasteiger partial charge in [0.2, 0.25) is 5.91 Å². The minimum atomic E-state index is -0.0510. The Balaban J connectivity index is 2.32. The molecule has 1 fully saturated rings. The molecule has 0 spiro atoms. The van der Waals surface area contributed by atoms with Crippen LogP contribution in [0.25, 0.3) is 0 Å². The highest BCUT2D eigenvalue weighted by atomic mass is 16.1. The molecule has 3 N–H and O–H groups in total. The molecule has 0 heterocycles. The Bertz CT molecular complexity index is 194. The Labute approximate surface area is 86.4 Å². The van der Waals surface area contributed by atoms with Crippen LogP contribution in [0.3, 0.4) is 0 Å². The minimum absolute atomic E-state index is 0.0510.